The zero-order valence-corrected chi connectivity index (χ0v) is 29.0. The van der Waals surface area contributed by atoms with Crippen molar-refractivity contribution in [1.82, 2.24) is 10.2 Å². The molecule has 0 saturated heterocycles. The zero-order chi connectivity index (χ0) is 34.0. The van der Waals surface area contributed by atoms with E-state index in [9.17, 15) is 18.0 Å². The molecule has 11 heteroatoms. The van der Waals surface area contributed by atoms with Gasteiger partial charge in [0.05, 0.1) is 17.2 Å². The molecule has 0 bridgehead atoms. The topological polar surface area (TPSA) is 96.0 Å². The minimum absolute atomic E-state index is 0.0110. The van der Waals surface area contributed by atoms with Gasteiger partial charge in [0.1, 0.15) is 18.3 Å². The van der Waals surface area contributed by atoms with E-state index in [2.05, 4.69) is 5.32 Å². The first kappa shape index (κ1) is 35.8. The van der Waals surface area contributed by atoms with Gasteiger partial charge >= 0.3 is 0 Å². The van der Waals surface area contributed by atoms with Gasteiger partial charge in [-0.1, -0.05) is 84.2 Å². The number of sulfonamides is 1. The van der Waals surface area contributed by atoms with Gasteiger partial charge in [0.2, 0.25) is 11.8 Å². The van der Waals surface area contributed by atoms with Crippen LogP contribution in [0.15, 0.2) is 102 Å². The number of aryl methyl sites for hydroxylation is 1. The molecule has 4 aromatic rings. The van der Waals surface area contributed by atoms with Crippen LogP contribution in [-0.4, -0.2) is 50.9 Å². The average molecular weight is 697 g/mol. The molecule has 8 nitrogen and oxygen atoms in total. The van der Waals surface area contributed by atoms with Gasteiger partial charge in [0.15, 0.2) is 0 Å². The number of ether oxygens (including phenoxy) is 1. The van der Waals surface area contributed by atoms with E-state index in [0.717, 1.165) is 15.4 Å². The molecule has 0 aliphatic carbocycles. The lowest BCUT2D eigenvalue weighted by atomic mass is 10.0. The number of nitrogens with one attached hydrogen (secondary N) is 1. The third-order valence-electron chi connectivity index (χ3n) is 7.50. The minimum atomic E-state index is -4.25. The number of rotatable bonds is 15. The molecule has 0 saturated carbocycles. The molecule has 0 heterocycles. The van der Waals surface area contributed by atoms with E-state index in [1.165, 1.54) is 17.0 Å². The molecule has 1 unspecified atom stereocenters. The third-order valence-corrected chi connectivity index (χ3v) is 9.87. The number of nitrogens with zero attached hydrogens (tertiary/aromatic N) is 2. The van der Waals surface area contributed by atoms with Crippen LogP contribution in [0.5, 0.6) is 5.75 Å². The molecule has 2 amide bonds. The Morgan fingerprint density at radius 3 is 2.19 bits per heavy atom. The van der Waals surface area contributed by atoms with E-state index in [-0.39, 0.29) is 23.8 Å². The van der Waals surface area contributed by atoms with Crippen molar-refractivity contribution in [2.75, 3.05) is 24.0 Å². The van der Waals surface area contributed by atoms with Crippen LogP contribution in [-0.2, 0) is 32.6 Å². The van der Waals surface area contributed by atoms with Gasteiger partial charge in [-0.2, -0.15) is 0 Å². The number of halogens is 2. The fraction of sp³-hybridized carbons (Fsp3) is 0.278. The maximum Gasteiger partial charge on any atom is 0.264 e. The second-order valence-electron chi connectivity index (χ2n) is 11.0. The summed E-state index contributed by atoms with van der Waals surface area (Å²) in [7, 11) is -4.25. The lowest BCUT2D eigenvalue weighted by molar-refractivity contribution is -0.140. The Balaban J connectivity index is 1.80. The monoisotopic (exact) mass is 695 g/mol. The second kappa shape index (κ2) is 16.7. The average Bonchev–Trinajstić information content (AvgIpc) is 3.06. The van der Waals surface area contributed by atoms with Crippen LogP contribution in [0.1, 0.15) is 37.0 Å². The maximum absolute atomic E-state index is 14.6. The fourth-order valence-electron chi connectivity index (χ4n) is 4.99. The smallest absolute Gasteiger partial charge is 0.264 e. The van der Waals surface area contributed by atoms with E-state index >= 15 is 0 Å². The summed E-state index contributed by atoms with van der Waals surface area (Å²) in [5, 5.41) is 3.67. The highest BCUT2D eigenvalue weighted by Gasteiger charge is 2.35. The SMILES string of the molecule is CCCNC(=O)C(Cc1ccccc1)N(Cc1ccc(Cl)cc1Cl)C(=O)CN(c1ccc(C)cc1)S(=O)(=O)c1ccc(OCC)cc1. The Labute approximate surface area is 287 Å². The van der Waals surface area contributed by atoms with Gasteiger partial charge in [-0.05, 0) is 79.9 Å². The number of carbonyl (C=O) groups is 2. The van der Waals surface area contributed by atoms with Gasteiger partial charge in [-0.25, -0.2) is 8.42 Å². The highest BCUT2D eigenvalue weighted by Crippen LogP contribution is 2.28. The molecule has 1 atom stereocenters. The number of hydrogen-bond acceptors (Lipinski definition) is 5. The van der Waals surface area contributed by atoms with E-state index in [1.807, 2.05) is 51.1 Å². The Bertz CT molecular complexity index is 1750. The molecule has 0 aromatic heterocycles. The standard InChI is InChI=1S/C36H39Cl2N3O5S/c1-4-21-39-36(43)34(22-27-9-7-6-8-10-27)40(24-28-13-14-29(37)23-33(28)38)35(42)25-41(30-15-11-26(3)12-16-30)47(44,45)32-19-17-31(18-20-32)46-5-2/h6-20,23,34H,4-5,21-22,24-25H2,1-3H3,(H,39,43). The second-order valence-corrected chi connectivity index (χ2v) is 13.7. The Kier molecular flexibility index (Phi) is 12.7. The van der Waals surface area contributed by atoms with Gasteiger partial charge < -0.3 is 15.0 Å². The van der Waals surface area contributed by atoms with E-state index in [4.69, 9.17) is 27.9 Å². The molecule has 0 aliphatic heterocycles. The molecule has 248 valence electrons. The minimum Gasteiger partial charge on any atom is -0.494 e. The van der Waals surface area contributed by atoms with Crippen LogP contribution >= 0.6 is 23.2 Å². The van der Waals surface area contributed by atoms with Crippen LogP contribution in [0, 0.1) is 6.92 Å². The van der Waals surface area contributed by atoms with Gasteiger partial charge in [0, 0.05) is 29.6 Å². The number of amides is 2. The van der Waals surface area contributed by atoms with Gasteiger partial charge in [-0.3, -0.25) is 13.9 Å². The summed E-state index contributed by atoms with van der Waals surface area (Å²) in [6, 6.07) is 26.2. The van der Waals surface area contributed by atoms with Crippen LogP contribution < -0.4 is 14.4 Å². The Morgan fingerprint density at radius 1 is 0.894 bits per heavy atom. The molecular weight excluding hydrogens is 657 g/mol. The number of benzene rings is 4. The molecular formula is C36H39Cl2N3O5S. The predicted molar refractivity (Wildman–Crippen MR) is 188 cm³/mol. The maximum atomic E-state index is 14.6. The summed E-state index contributed by atoms with van der Waals surface area (Å²) in [4.78, 5) is 29.7. The molecule has 1 N–H and O–H groups in total. The van der Waals surface area contributed by atoms with E-state index < -0.39 is 28.5 Å². The lowest BCUT2D eigenvalue weighted by Gasteiger charge is -2.34. The van der Waals surface area contributed by atoms with Crippen molar-refractivity contribution in [3.8, 4) is 5.75 Å². The van der Waals surface area contributed by atoms with Gasteiger partial charge in [-0.15, -0.1) is 0 Å². The summed E-state index contributed by atoms with van der Waals surface area (Å²) in [6.07, 6.45) is 0.895. The molecule has 4 rings (SSSR count). The summed E-state index contributed by atoms with van der Waals surface area (Å²) in [5.74, 6) is -0.415. The van der Waals surface area contributed by atoms with Crippen LogP contribution in [0.4, 0.5) is 5.69 Å². The summed E-state index contributed by atoms with van der Waals surface area (Å²) >= 11 is 12.7. The summed E-state index contributed by atoms with van der Waals surface area (Å²) < 4.78 is 35.0. The number of hydrogen-bond donors (Lipinski definition) is 1. The van der Waals surface area contributed by atoms with E-state index in [1.54, 1.807) is 54.6 Å². The Hall–Kier alpha value is -4.05. The van der Waals surface area contributed by atoms with Crippen molar-refractivity contribution in [2.24, 2.45) is 0 Å². The van der Waals surface area contributed by atoms with Crippen LogP contribution in [0.25, 0.3) is 0 Å². The van der Waals surface area contributed by atoms with Crippen molar-refractivity contribution in [3.63, 3.8) is 0 Å². The third kappa shape index (κ3) is 9.50. The normalized spacial score (nSPS) is 11.9. The van der Waals surface area contributed by atoms with Crippen LogP contribution in [0.2, 0.25) is 10.0 Å². The van der Waals surface area contributed by atoms with Gasteiger partial charge in [0.25, 0.3) is 10.0 Å². The first-order chi connectivity index (χ1) is 22.5. The first-order valence-electron chi connectivity index (χ1n) is 15.4. The zero-order valence-electron chi connectivity index (χ0n) is 26.7. The molecule has 0 fully saturated rings. The summed E-state index contributed by atoms with van der Waals surface area (Å²) in [6.45, 7) is 5.88. The van der Waals surface area contributed by atoms with Crippen molar-refractivity contribution in [3.05, 3.63) is 124 Å². The molecule has 0 spiro atoms. The molecule has 0 aliphatic rings. The number of carbonyl (C=O) groups excluding carboxylic acids is 2. The van der Waals surface area contributed by atoms with Crippen LogP contribution in [0.3, 0.4) is 0 Å². The number of anilines is 1. The molecule has 4 aromatic carbocycles. The predicted octanol–water partition coefficient (Wildman–Crippen LogP) is 7.06. The first-order valence-corrected chi connectivity index (χ1v) is 17.6. The lowest BCUT2D eigenvalue weighted by Crippen LogP contribution is -2.53. The summed E-state index contributed by atoms with van der Waals surface area (Å²) in [5.41, 5.74) is 2.62. The van der Waals surface area contributed by atoms with Crippen molar-refractivity contribution >= 4 is 50.7 Å². The van der Waals surface area contributed by atoms with Crippen molar-refractivity contribution < 1.29 is 22.7 Å². The highest BCUT2D eigenvalue weighted by atomic mass is 35.5. The fourth-order valence-corrected chi connectivity index (χ4v) is 6.88. The molecule has 47 heavy (non-hydrogen) atoms. The van der Waals surface area contributed by atoms with Crippen molar-refractivity contribution in [2.45, 2.75) is 51.1 Å². The molecule has 0 radical (unpaired) electrons. The largest absolute Gasteiger partial charge is 0.494 e. The van der Waals surface area contributed by atoms with E-state index in [0.29, 0.717) is 46.6 Å². The quantitative estimate of drug-likeness (QED) is 0.144. The highest BCUT2D eigenvalue weighted by molar-refractivity contribution is 7.92. The van der Waals surface area contributed by atoms with Crippen molar-refractivity contribution in [1.29, 1.82) is 0 Å². The Morgan fingerprint density at radius 2 is 1.57 bits per heavy atom.